The summed E-state index contributed by atoms with van der Waals surface area (Å²) in [6, 6.07) is 14.6. The van der Waals surface area contributed by atoms with Crippen LogP contribution in [0.25, 0.3) is 0 Å². The minimum Gasteiger partial charge on any atom is -0.354 e. The highest BCUT2D eigenvalue weighted by Crippen LogP contribution is 2.22. The number of anilines is 1. The molecule has 2 rings (SSSR count). The Hall–Kier alpha value is -1.22. The Balaban J connectivity index is 1.75. The zero-order valence-electron chi connectivity index (χ0n) is 15.4. The van der Waals surface area contributed by atoms with Gasteiger partial charge in [0.2, 0.25) is 15.9 Å². The van der Waals surface area contributed by atoms with Crippen LogP contribution >= 0.6 is 39.3 Å². The fraction of sp³-hybridized carbons (Fsp3) is 0.316. The first-order chi connectivity index (χ1) is 13.3. The van der Waals surface area contributed by atoms with Crippen molar-refractivity contribution in [1.82, 2.24) is 5.32 Å². The third kappa shape index (κ3) is 8.03. The van der Waals surface area contributed by atoms with Crippen LogP contribution in [0.15, 0.2) is 53.0 Å². The Labute approximate surface area is 184 Å². The molecule has 0 fully saturated rings. The molecular weight excluding hydrogens is 484 g/mol. The highest BCUT2D eigenvalue weighted by atomic mass is 79.9. The average Bonchev–Trinajstić information content (AvgIpc) is 2.61. The van der Waals surface area contributed by atoms with Crippen molar-refractivity contribution in [3.63, 3.8) is 0 Å². The van der Waals surface area contributed by atoms with Gasteiger partial charge < -0.3 is 5.32 Å². The number of nitrogens with zero attached hydrogens (tertiary/aromatic N) is 1. The van der Waals surface area contributed by atoms with Crippen molar-refractivity contribution in [2.24, 2.45) is 0 Å². The van der Waals surface area contributed by atoms with Gasteiger partial charge in [-0.25, -0.2) is 8.42 Å². The van der Waals surface area contributed by atoms with Crippen LogP contribution in [0.3, 0.4) is 0 Å². The van der Waals surface area contributed by atoms with Gasteiger partial charge in [-0.1, -0.05) is 45.7 Å². The second-order valence-electron chi connectivity index (χ2n) is 6.14. The van der Waals surface area contributed by atoms with E-state index in [2.05, 4.69) is 21.2 Å². The number of halogens is 2. The van der Waals surface area contributed by atoms with Crippen molar-refractivity contribution < 1.29 is 13.2 Å². The number of nitrogens with one attached hydrogen (secondary N) is 1. The molecule has 2 aromatic rings. The number of hydrogen-bond acceptors (Lipinski definition) is 4. The second-order valence-corrected chi connectivity index (χ2v) is 10.5. The predicted octanol–water partition coefficient (Wildman–Crippen LogP) is 4.31. The van der Waals surface area contributed by atoms with Crippen LogP contribution < -0.4 is 9.62 Å². The van der Waals surface area contributed by atoms with Crippen LogP contribution in [0.2, 0.25) is 5.02 Å². The van der Waals surface area contributed by atoms with Crippen LogP contribution in [0.5, 0.6) is 0 Å². The molecule has 2 aromatic carbocycles. The molecule has 0 spiro atoms. The summed E-state index contributed by atoms with van der Waals surface area (Å²) >= 11 is 11.0. The molecule has 0 bridgehead atoms. The lowest BCUT2D eigenvalue weighted by Crippen LogP contribution is -2.40. The van der Waals surface area contributed by atoms with Gasteiger partial charge in [-0.2, -0.15) is 11.8 Å². The van der Waals surface area contributed by atoms with Crippen LogP contribution in [-0.4, -0.2) is 39.4 Å². The third-order valence-corrected chi connectivity index (χ3v) is 6.71. The number of carbonyl (C=O) groups is 1. The molecular formula is C19H22BrClN2O3S2. The molecule has 0 unspecified atom stereocenters. The molecule has 0 aliphatic carbocycles. The quantitative estimate of drug-likeness (QED) is 0.489. The van der Waals surface area contributed by atoms with Crippen molar-refractivity contribution in [3.8, 4) is 0 Å². The Bertz CT molecular complexity index is 910. The molecule has 0 saturated carbocycles. The van der Waals surface area contributed by atoms with E-state index in [0.29, 0.717) is 12.2 Å². The largest absolute Gasteiger partial charge is 0.354 e. The molecule has 0 aliphatic rings. The lowest BCUT2D eigenvalue weighted by Gasteiger charge is -2.22. The summed E-state index contributed by atoms with van der Waals surface area (Å²) in [5, 5.41) is 3.51. The SMILES string of the molecule is CS(=O)(=O)N(CC(=O)NCCCSCc1cccc(Cl)c1)c1cccc(Br)c1. The molecule has 0 radical (unpaired) electrons. The molecule has 5 nitrogen and oxygen atoms in total. The van der Waals surface area contributed by atoms with E-state index >= 15 is 0 Å². The second kappa shape index (κ2) is 11.1. The summed E-state index contributed by atoms with van der Waals surface area (Å²) in [4.78, 5) is 12.2. The maximum atomic E-state index is 12.2. The van der Waals surface area contributed by atoms with Crippen LogP contribution in [-0.2, 0) is 20.6 Å². The lowest BCUT2D eigenvalue weighted by atomic mass is 10.2. The summed E-state index contributed by atoms with van der Waals surface area (Å²) in [6.07, 6.45) is 1.89. The molecule has 0 aliphatic heterocycles. The first-order valence-electron chi connectivity index (χ1n) is 8.58. The van der Waals surface area contributed by atoms with Gasteiger partial charge in [-0.3, -0.25) is 9.10 Å². The summed E-state index contributed by atoms with van der Waals surface area (Å²) < 4.78 is 26.0. The number of thioether (sulfide) groups is 1. The number of carbonyl (C=O) groups excluding carboxylic acids is 1. The van der Waals surface area contributed by atoms with E-state index in [1.54, 1.807) is 36.0 Å². The highest BCUT2D eigenvalue weighted by molar-refractivity contribution is 9.10. The summed E-state index contributed by atoms with van der Waals surface area (Å²) in [5.41, 5.74) is 1.61. The fourth-order valence-corrected chi connectivity index (χ4v) is 4.79. The van der Waals surface area contributed by atoms with Crippen LogP contribution in [0.4, 0.5) is 5.69 Å². The van der Waals surface area contributed by atoms with Crippen molar-refractivity contribution in [3.05, 3.63) is 63.6 Å². The van der Waals surface area contributed by atoms with Gasteiger partial charge in [0, 0.05) is 21.8 Å². The molecule has 1 N–H and O–H groups in total. The van der Waals surface area contributed by atoms with Gasteiger partial charge in [0.1, 0.15) is 6.54 Å². The lowest BCUT2D eigenvalue weighted by molar-refractivity contribution is -0.119. The molecule has 152 valence electrons. The standard InChI is InChI=1S/C19H22BrClN2O3S2/c1-28(25,26)23(18-8-3-6-16(20)12-18)13-19(24)22-9-4-10-27-14-15-5-2-7-17(21)11-15/h2-3,5-8,11-12H,4,9-10,13-14H2,1H3,(H,22,24). The maximum Gasteiger partial charge on any atom is 0.240 e. The molecule has 0 saturated heterocycles. The first-order valence-corrected chi connectivity index (χ1v) is 12.8. The zero-order chi connectivity index (χ0) is 20.6. The number of amides is 1. The van der Waals surface area contributed by atoms with Gasteiger partial charge in [-0.15, -0.1) is 0 Å². The monoisotopic (exact) mass is 504 g/mol. The van der Waals surface area contributed by atoms with Crippen molar-refractivity contribution >= 4 is 60.9 Å². The number of sulfonamides is 1. The summed E-state index contributed by atoms with van der Waals surface area (Å²) in [7, 11) is -3.57. The Kier molecular flexibility index (Phi) is 9.14. The van der Waals surface area contributed by atoms with E-state index in [0.717, 1.165) is 38.0 Å². The molecule has 0 aromatic heterocycles. The molecule has 0 heterocycles. The summed E-state index contributed by atoms with van der Waals surface area (Å²) in [6.45, 7) is 0.252. The van der Waals surface area contributed by atoms with Gasteiger partial charge in [0.25, 0.3) is 0 Å². The first kappa shape index (κ1) is 23.1. The van der Waals surface area contributed by atoms with Crippen molar-refractivity contribution in [1.29, 1.82) is 0 Å². The molecule has 9 heteroatoms. The predicted molar refractivity (Wildman–Crippen MR) is 122 cm³/mol. The third-order valence-electron chi connectivity index (χ3n) is 3.73. The van der Waals surface area contributed by atoms with Gasteiger partial charge in [-0.05, 0) is 48.1 Å². The van der Waals surface area contributed by atoms with E-state index in [1.807, 2.05) is 24.3 Å². The maximum absolute atomic E-state index is 12.2. The number of hydrogen-bond donors (Lipinski definition) is 1. The highest BCUT2D eigenvalue weighted by Gasteiger charge is 2.20. The van der Waals surface area contributed by atoms with Crippen LogP contribution in [0.1, 0.15) is 12.0 Å². The zero-order valence-corrected chi connectivity index (χ0v) is 19.4. The van der Waals surface area contributed by atoms with Gasteiger partial charge in [0.05, 0.1) is 11.9 Å². The number of benzene rings is 2. The van der Waals surface area contributed by atoms with E-state index < -0.39 is 10.0 Å². The molecule has 28 heavy (non-hydrogen) atoms. The smallest absolute Gasteiger partial charge is 0.240 e. The van der Waals surface area contributed by atoms with Crippen molar-refractivity contribution in [2.75, 3.05) is 29.4 Å². The Morgan fingerprint density at radius 1 is 1.21 bits per heavy atom. The topological polar surface area (TPSA) is 66.5 Å². The Morgan fingerprint density at radius 2 is 1.96 bits per heavy atom. The van der Waals surface area contributed by atoms with Gasteiger partial charge in [0.15, 0.2) is 0 Å². The molecule has 1 amide bonds. The van der Waals surface area contributed by atoms with Crippen molar-refractivity contribution in [2.45, 2.75) is 12.2 Å². The Morgan fingerprint density at radius 3 is 2.64 bits per heavy atom. The minimum atomic E-state index is -3.57. The molecule has 0 atom stereocenters. The van der Waals surface area contributed by atoms with Gasteiger partial charge >= 0.3 is 0 Å². The minimum absolute atomic E-state index is 0.245. The average molecular weight is 506 g/mol. The van der Waals surface area contributed by atoms with E-state index in [1.165, 1.54) is 5.56 Å². The van der Waals surface area contributed by atoms with Crippen LogP contribution in [0, 0.1) is 0 Å². The summed E-state index contributed by atoms with van der Waals surface area (Å²) in [5.74, 6) is 1.42. The van der Waals surface area contributed by atoms with E-state index in [9.17, 15) is 13.2 Å². The van der Waals surface area contributed by atoms with E-state index in [4.69, 9.17) is 11.6 Å². The normalized spacial score (nSPS) is 11.2. The van der Waals surface area contributed by atoms with E-state index in [-0.39, 0.29) is 12.5 Å². The fourth-order valence-electron chi connectivity index (χ4n) is 2.44. The number of rotatable bonds is 10.